The van der Waals surface area contributed by atoms with Crippen LogP contribution in [0.5, 0.6) is 0 Å². The van der Waals surface area contributed by atoms with Crippen molar-refractivity contribution in [2.45, 2.75) is 32.2 Å². The SMILES string of the molecule is CC(=O)NC1CCCCNC1=S. The van der Waals surface area contributed by atoms with Crippen LogP contribution in [0.1, 0.15) is 26.2 Å². The Bertz CT molecular complexity index is 193. The highest BCUT2D eigenvalue weighted by atomic mass is 32.1. The Morgan fingerprint density at radius 3 is 3.08 bits per heavy atom. The third kappa shape index (κ3) is 2.77. The molecular formula is C8H14N2OS. The van der Waals surface area contributed by atoms with E-state index in [-0.39, 0.29) is 11.9 Å². The van der Waals surface area contributed by atoms with Crippen molar-refractivity contribution in [2.24, 2.45) is 0 Å². The average molecular weight is 186 g/mol. The van der Waals surface area contributed by atoms with Gasteiger partial charge in [-0.25, -0.2) is 0 Å². The van der Waals surface area contributed by atoms with Crippen LogP contribution in [0, 0.1) is 0 Å². The van der Waals surface area contributed by atoms with E-state index in [0.717, 1.165) is 30.8 Å². The van der Waals surface area contributed by atoms with Gasteiger partial charge < -0.3 is 10.6 Å². The molecule has 1 atom stereocenters. The Kier molecular flexibility index (Phi) is 3.47. The van der Waals surface area contributed by atoms with E-state index in [2.05, 4.69) is 10.6 Å². The van der Waals surface area contributed by atoms with E-state index in [1.54, 1.807) is 0 Å². The maximum atomic E-state index is 10.8. The van der Waals surface area contributed by atoms with Gasteiger partial charge in [0.25, 0.3) is 0 Å². The van der Waals surface area contributed by atoms with Gasteiger partial charge in [-0.1, -0.05) is 12.2 Å². The minimum Gasteiger partial charge on any atom is -0.378 e. The largest absolute Gasteiger partial charge is 0.378 e. The number of carbonyl (C=O) groups is 1. The Balaban J connectivity index is 2.47. The summed E-state index contributed by atoms with van der Waals surface area (Å²) in [6.07, 6.45) is 3.22. The van der Waals surface area contributed by atoms with Gasteiger partial charge in [-0.3, -0.25) is 4.79 Å². The predicted octanol–water partition coefficient (Wildman–Crippen LogP) is 0.592. The van der Waals surface area contributed by atoms with Gasteiger partial charge in [-0.15, -0.1) is 0 Å². The smallest absolute Gasteiger partial charge is 0.217 e. The third-order valence-corrected chi connectivity index (χ3v) is 2.34. The molecule has 0 saturated carbocycles. The maximum absolute atomic E-state index is 10.8. The highest BCUT2D eigenvalue weighted by molar-refractivity contribution is 7.80. The van der Waals surface area contributed by atoms with E-state index >= 15 is 0 Å². The molecule has 1 aliphatic heterocycles. The summed E-state index contributed by atoms with van der Waals surface area (Å²) in [6.45, 7) is 2.46. The monoisotopic (exact) mass is 186 g/mol. The number of hydrogen-bond acceptors (Lipinski definition) is 2. The quantitative estimate of drug-likeness (QED) is 0.589. The summed E-state index contributed by atoms with van der Waals surface area (Å²) in [5.41, 5.74) is 0. The molecule has 1 unspecified atom stereocenters. The summed E-state index contributed by atoms with van der Waals surface area (Å²) in [7, 11) is 0. The van der Waals surface area contributed by atoms with Crippen molar-refractivity contribution in [3.05, 3.63) is 0 Å². The zero-order chi connectivity index (χ0) is 8.97. The molecule has 1 amide bonds. The fourth-order valence-electron chi connectivity index (χ4n) is 1.32. The normalized spacial score (nSPS) is 24.1. The van der Waals surface area contributed by atoms with Crippen LogP contribution in [0.4, 0.5) is 0 Å². The van der Waals surface area contributed by atoms with E-state index in [9.17, 15) is 4.79 Å². The van der Waals surface area contributed by atoms with Crippen LogP contribution in [-0.4, -0.2) is 23.5 Å². The second-order valence-electron chi connectivity index (χ2n) is 3.04. The van der Waals surface area contributed by atoms with Crippen LogP contribution in [0.25, 0.3) is 0 Å². The molecule has 3 nitrogen and oxygen atoms in total. The first-order chi connectivity index (χ1) is 5.70. The van der Waals surface area contributed by atoms with E-state index in [1.807, 2.05) is 0 Å². The lowest BCUT2D eigenvalue weighted by molar-refractivity contribution is -0.119. The lowest BCUT2D eigenvalue weighted by atomic mass is 10.1. The number of carbonyl (C=O) groups excluding carboxylic acids is 1. The van der Waals surface area contributed by atoms with E-state index in [4.69, 9.17) is 12.2 Å². The minimum absolute atomic E-state index is 0.00829. The maximum Gasteiger partial charge on any atom is 0.217 e. The fraction of sp³-hybridized carbons (Fsp3) is 0.750. The van der Waals surface area contributed by atoms with Gasteiger partial charge in [-0.05, 0) is 19.3 Å². The van der Waals surface area contributed by atoms with E-state index < -0.39 is 0 Å². The van der Waals surface area contributed by atoms with Crippen LogP contribution in [0.15, 0.2) is 0 Å². The molecule has 68 valence electrons. The molecule has 2 N–H and O–H groups in total. The van der Waals surface area contributed by atoms with Crippen LogP contribution in [0.3, 0.4) is 0 Å². The molecule has 0 aromatic rings. The third-order valence-electron chi connectivity index (χ3n) is 1.91. The molecule has 1 aliphatic rings. The highest BCUT2D eigenvalue weighted by Crippen LogP contribution is 2.05. The van der Waals surface area contributed by atoms with Crippen molar-refractivity contribution in [2.75, 3.05) is 6.54 Å². The second-order valence-corrected chi connectivity index (χ2v) is 3.48. The zero-order valence-corrected chi connectivity index (χ0v) is 8.04. The first-order valence-corrected chi connectivity index (χ1v) is 4.66. The van der Waals surface area contributed by atoms with Gasteiger partial charge in [0.1, 0.15) is 0 Å². The summed E-state index contributed by atoms with van der Waals surface area (Å²) < 4.78 is 0. The number of thiocarbonyl (C=S) groups is 1. The van der Waals surface area contributed by atoms with Crippen LogP contribution < -0.4 is 10.6 Å². The summed E-state index contributed by atoms with van der Waals surface area (Å²) >= 11 is 5.11. The van der Waals surface area contributed by atoms with Crippen molar-refractivity contribution in [1.29, 1.82) is 0 Å². The molecule has 0 aromatic carbocycles. The molecule has 1 fully saturated rings. The summed E-state index contributed by atoms with van der Waals surface area (Å²) in [5.74, 6) is -0.00829. The summed E-state index contributed by atoms with van der Waals surface area (Å²) in [6, 6.07) is 0.0556. The first kappa shape index (κ1) is 9.45. The standard InChI is InChI=1S/C8H14N2OS/c1-6(11)10-7-4-2-3-5-9-8(7)12/h7H,2-5H2,1H3,(H,9,12)(H,10,11). The highest BCUT2D eigenvalue weighted by Gasteiger charge is 2.17. The molecule has 0 spiro atoms. The van der Waals surface area contributed by atoms with Gasteiger partial charge >= 0.3 is 0 Å². The molecule has 1 saturated heterocycles. The molecular weight excluding hydrogens is 172 g/mol. The topological polar surface area (TPSA) is 41.1 Å². The number of amides is 1. The van der Waals surface area contributed by atoms with Gasteiger partial charge in [0.2, 0.25) is 5.91 Å². The Labute approximate surface area is 77.9 Å². The molecule has 0 bridgehead atoms. The molecule has 1 rings (SSSR count). The van der Waals surface area contributed by atoms with E-state index in [0.29, 0.717) is 0 Å². The zero-order valence-electron chi connectivity index (χ0n) is 7.22. The van der Waals surface area contributed by atoms with Crippen molar-refractivity contribution in [1.82, 2.24) is 10.6 Å². The number of rotatable bonds is 1. The average Bonchev–Trinajstić information content (AvgIpc) is 2.16. The van der Waals surface area contributed by atoms with Crippen LogP contribution >= 0.6 is 12.2 Å². The molecule has 1 heterocycles. The van der Waals surface area contributed by atoms with Crippen LogP contribution in [-0.2, 0) is 4.79 Å². The number of hydrogen-bond donors (Lipinski definition) is 2. The molecule has 12 heavy (non-hydrogen) atoms. The Morgan fingerprint density at radius 1 is 1.67 bits per heavy atom. The molecule has 0 aliphatic carbocycles. The summed E-state index contributed by atoms with van der Waals surface area (Å²) in [5, 5.41) is 5.95. The van der Waals surface area contributed by atoms with Crippen molar-refractivity contribution in [3.8, 4) is 0 Å². The molecule has 4 heteroatoms. The Morgan fingerprint density at radius 2 is 2.42 bits per heavy atom. The predicted molar refractivity (Wildman–Crippen MR) is 52.1 cm³/mol. The lowest BCUT2D eigenvalue weighted by Gasteiger charge is -2.15. The van der Waals surface area contributed by atoms with Gasteiger partial charge in [0.15, 0.2) is 0 Å². The van der Waals surface area contributed by atoms with Gasteiger partial charge in [0.05, 0.1) is 11.0 Å². The molecule has 0 aromatic heterocycles. The Hall–Kier alpha value is -0.640. The lowest BCUT2D eigenvalue weighted by Crippen LogP contribution is -2.43. The van der Waals surface area contributed by atoms with Crippen molar-refractivity contribution >= 4 is 23.1 Å². The molecule has 0 radical (unpaired) electrons. The van der Waals surface area contributed by atoms with Crippen molar-refractivity contribution < 1.29 is 4.79 Å². The van der Waals surface area contributed by atoms with Crippen molar-refractivity contribution in [3.63, 3.8) is 0 Å². The van der Waals surface area contributed by atoms with Gasteiger partial charge in [-0.2, -0.15) is 0 Å². The van der Waals surface area contributed by atoms with Gasteiger partial charge in [0, 0.05) is 13.5 Å². The second kappa shape index (κ2) is 4.40. The van der Waals surface area contributed by atoms with Crippen LogP contribution in [0.2, 0.25) is 0 Å². The summed E-state index contributed by atoms with van der Waals surface area (Å²) in [4.78, 5) is 11.6. The number of nitrogens with one attached hydrogen (secondary N) is 2. The first-order valence-electron chi connectivity index (χ1n) is 4.25. The van der Waals surface area contributed by atoms with E-state index in [1.165, 1.54) is 6.92 Å². The minimum atomic E-state index is -0.00829. The fourth-order valence-corrected chi connectivity index (χ4v) is 1.60.